The van der Waals surface area contributed by atoms with E-state index in [1.54, 1.807) is 6.08 Å². The van der Waals surface area contributed by atoms with Gasteiger partial charge in [-0.3, -0.25) is 4.79 Å². The molecule has 336 valence electrons. The molecule has 0 aliphatic carbocycles. The van der Waals surface area contributed by atoms with Crippen molar-refractivity contribution in [2.75, 3.05) is 6.61 Å². The maximum absolute atomic E-state index is 12.4. The second-order valence-corrected chi connectivity index (χ2v) is 16.1. The van der Waals surface area contributed by atoms with Crippen LogP contribution in [0.3, 0.4) is 0 Å². The molecular formula is C55H93NO3. The average Bonchev–Trinajstić information content (AvgIpc) is 3.24. The molecule has 0 rings (SSSR count). The van der Waals surface area contributed by atoms with Crippen LogP contribution < -0.4 is 5.32 Å². The van der Waals surface area contributed by atoms with Crippen molar-refractivity contribution in [2.24, 2.45) is 0 Å². The van der Waals surface area contributed by atoms with Crippen LogP contribution in [0.5, 0.6) is 0 Å². The highest BCUT2D eigenvalue weighted by Crippen LogP contribution is 2.13. The second kappa shape index (κ2) is 49.4. The molecule has 0 saturated carbocycles. The minimum absolute atomic E-state index is 0.0854. The molecule has 0 aliphatic rings. The van der Waals surface area contributed by atoms with Gasteiger partial charge in [0.1, 0.15) is 0 Å². The van der Waals surface area contributed by atoms with E-state index in [-0.39, 0.29) is 12.5 Å². The van der Waals surface area contributed by atoms with E-state index in [0.717, 1.165) is 83.5 Å². The van der Waals surface area contributed by atoms with Gasteiger partial charge in [-0.05, 0) is 89.9 Å². The van der Waals surface area contributed by atoms with Gasteiger partial charge in [0.25, 0.3) is 0 Å². The smallest absolute Gasteiger partial charge is 0.220 e. The molecule has 2 unspecified atom stereocenters. The molecule has 1 amide bonds. The lowest BCUT2D eigenvalue weighted by atomic mass is 10.1. The Morgan fingerprint density at radius 2 is 0.763 bits per heavy atom. The Hall–Kier alpha value is -2.95. The molecule has 4 nitrogen and oxygen atoms in total. The number of carbonyl (C=O) groups excluding carboxylic acids is 1. The number of unbranched alkanes of at least 4 members (excludes halogenated alkanes) is 20. The van der Waals surface area contributed by atoms with E-state index in [1.807, 2.05) is 6.08 Å². The Morgan fingerprint density at radius 1 is 0.424 bits per heavy atom. The number of rotatable bonds is 43. The number of aliphatic hydroxyl groups is 2. The molecule has 0 fully saturated rings. The third kappa shape index (κ3) is 46.0. The Morgan fingerprint density at radius 3 is 1.19 bits per heavy atom. The van der Waals surface area contributed by atoms with Crippen molar-refractivity contribution < 1.29 is 15.0 Å². The first-order chi connectivity index (χ1) is 29.2. The van der Waals surface area contributed by atoms with E-state index in [9.17, 15) is 15.0 Å². The van der Waals surface area contributed by atoms with E-state index in [1.165, 1.54) is 109 Å². The first-order valence-corrected chi connectivity index (χ1v) is 24.6. The lowest BCUT2D eigenvalue weighted by Gasteiger charge is -2.19. The van der Waals surface area contributed by atoms with Crippen molar-refractivity contribution in [3.8, 4) is 0 Å². The van der Waals surface area contributed by atoms with Crippen LogP contribution in [0.15, 0.2) is 109 Å². The van der Waals surface area contributed by atoms with Crippen molar-refractivity contribution >= 4 is 5.91 Å². The van der Waals surface area contributed by atoms with Crippen molar-refractivity contribution in [3.05, 3.63) is 109 Å². The summed E-state index contributed by atoms with van der Waals surface area (Å²) in [7, 11) is 0. The molecule has 3 N–H and O–H groups in total. The van der Waals surface area contributed by atoms with Crippen LogP contribution in [0.1, 0.15) is 213 Å². The zero-order valence-corrected chi connectivity index (χ0v) is 38.5. The molecule has 59 heavy (non-hydrogen) atoms. The van der Waals surface area contributed by atoms with Crippen molar-refractivity contribution in [1.82, 2.24) is 5.32 Å². The predicted molar refractivity (Wildman–Crippen MR) is 262 cm³/mol. The maximum atomic E-state index is 12.4. The van der Waals surface area contributed by atoms with Gasteiger partial charge < -0.3 is 15.5 Å². The Balaban J connectivity index is 3.65. The summed E-state index contributed by atoms with van der Waals surface area (Å²) in [5.41, 5.74) is 0. The maximum Gasteiger partial charge on any atom is 0.220 e. The quantitative estimate of drug-likeness (QED) is 0.0424. The fourth-order valence-corrected chi connectivity index (χ4v) is 6.76. The van der Waals surface area contributed by atoms with Crippen LogP contribution in [0, 0.1) is 0 Å². The number of amides is 1. The molecular weight excluding hydrogens is 723 g/mol. The van der Waals surface area contributed by atoms with Crippen LogP contribution in [0.2, 0.25) is 0 Å². The summed E-state index contributed by atoms with van der Waals surface area (Å²) in [6.45, 7) is 4.17. The SMILES string of the molecule is CC/C=C\C/C=C\C/C=C\C/C=C\C/C=C\C/C=C\C/C=C\CCCCCCCCCCCC(=O)NC(CO)C(O)/C=C/CC/C=C/CCCCCCCCCCCC. The molecule has 0 bridgehead atoms. The van der Waals surface area contributed by atoms with Gasteiger partial charge in [-0.15, -0.1) is 0 Å². The molecule has 4 heteroatoms. The van der Waals surface area contributed by atoms with E-state index in [0.29, 0.717) is 6.42 Å². The van der Waals surface area contributed by atoms with E-state index in [4.69, 9.17) is 0 Å². The molecule has 0 aromatic carbocycles. The molecule has 0 saturated heterocycles. The van der Waals surface area contributed by atoms with Crippen molar-refractivity contribution in [3.63, 3.8) is 0 Å². The highest BCUT2D eigenvalue weighted by molar-refractivity contribution is 5.76. The average molecular weight is 816 g/mol. The Labute approximate surface area is 366 Å². The van der Waals surface area contributed by atoms with Crippen molar-refractivity contribution in [1.29, 1.82) is 0 Å². The number of carbonyl (C=O) groups is 1. The minimum atomic E-state index is -0.871. The van der Waals surface area contributed by atoms with Crippen LogP contribution in [0.4, 0.5) is 0 Å². The number of hydrogen-bond donors (Lipinski definition) is 3. The Bertz CT molecular complexity index is 1150. The summed E-state index contributed by atoms with van der Waals surface area (Å²) < 4.78 is 0. The van der Waals surface area contributed by atoms with Gasteiger partial charge >= 0.3 is 0 Å². The van der Waals surface area contributed by atoms with Crippen LogP contribution in [0.25, 0.3) is 0 Å². The molecule has 2 atom stereocenters. The molecule has 0 heterocycles. The molecule has 0 aromatic heterocycles. The first-order valence-electron chi connectivity index (χ1n) is 24.6. The molecule has 0 spiro atoms. The van der Waals surface area contributed by atoms with Gasteiger partial charge in [-0.1, -0.05) is 226 Å². The van der Waals surface area contributed by atoms with Crippen LogP contribution in [-0.2, 0) is 4.79 Å². The molecule has 0 radical (unpaired) electrons. The summed E-state index contributed by atoms with van der Waals surface area (Å²) in [5.74, 6) is -0.0854. The lowest BCUT2D eigenvalue weighted by Crippen LogP contribution is -2.45. The highest BCUT2D eigenvalue weighted by Gasteiger charge is 2.17. The predicted octanol–water partition coefficient (Wildman–Crippen LogP) is 16.0. The number of hydrogen-bond acceptors (Lipinski definition) is 3. The summed E-state index contributed by atoms with van der Waals surface area (Å²) >= 11 is 0. The number of nitrogens with one attached hydrogen (secondary N) is 1. The van der Waals surface area contributed by atoms with Gasteiger partial charge in [0.15, 0.2) is 0 Å². The number of aliphatic hydroxyl groups excluding tert-OH is 2. The van der Waals surface area contributed by atoms with Gasteiger partial charge in [-0.25, -0.2) is 0 Å². The fourth-order valence-electron chi connectivity index (χ4n) is 6.76. The summed E-state index contributed by atoms with van der Waals surface area (Å²) in [6, 6.07) is -0.649. The largest absolute Gasteiger partial charge is 0.394 e. The minimum Gasteiger partial charge on any atom is -0.394 e. The van der Waals surface area contributed by atoms with Gasteiger partial charge in [-0.2, -0.15) is 0 Å². The van der Waals surface area contributed by atoms with Crippen LogP contribution >= 0.6 is 0 Å². The van der Waals surface area contributed by atoms with Gasteiger partial charge in [0.2, 0.25) is 5.91 Å². The summed E-state index contributed by atoms with van der Waals surface area (Å²) in [5, 5.41) is 23.0. The lowest BCUT2D eigenvalue weighted by molar-refractivity contribution is -0.123. The first kappa shape index (κ1) is 56.0. The second-order valence-electron chi connectivity index (χ2n) is 16.1. The zero-order valence-electron chi connectivity index (χ0n) is 38.5. The standard InChI is InChI=1S/C55H93NO3/c1-3-5-7-9-11-13-15-17-19-21-22-23-24-25-26-27-28-29-30-31-32-33-34-35-37-39-41-43-45-47-49-51-55(59)56-53(52-57)54(58)50-48-46-44-42-40-38-36-20-18-16-14-12-10-8-6-4-2/h5,7,11,13,17,19,22-23,25-26,28-29,31-32,40,42,48,50,53-54,57-58H,3-4,6,8-10,12,14-16,18,20-21,24,27,30,33-39,41,43-47,49,51-52H2,1-2H3,(H,56,59)/b7-5-,13-11-,19-17-,23-22-,26-25-,29-28-,32-31-,42-40+,50-48+. The third-order valence-corrected chi connectivity index (χ3v) is 10.5. The van der Waals surface area contributed by atoms with Gasteiger partial charge in [0.05, 0.1) is 18.8 Å². The molecule has 0 aliphatic heterocycles. The Kier molecular flexibility index (Phi) is 46.9. The third-order valence-electron chi connectivity index (χ3n) is 10.5. The normalized spacial score (nSPS) is 13.9. The zero-order chi connectivity index (χ0) is 42.8. The monoisotopic (exact) mass is 816 g/mol. The van der Waals surface area contributed by atoms with Crippen LogP contribution in [-0.4, -0.2) is 34.9 Å². The fraction of sp³-hybridized carbons (Fsp3) is 0.655. The van der Waals surface area contributed by atoms with E-state index < -0.39 is 12.1 Å². The summed E-state index contributed by atoms with van der Waals surface area (Å²) in [6.07, 6.45) is 74.9. The highest BCUT2D eigenvalue weighted by atomic mass is 16.3. The summed E-state index contributed by atoms with van der Waals surface area (Å²) in [4.78, 5) is 12.4. The molecule has 0 aromatic rings. The topological polar surface area (TPSA) is 69.6 Å². The van der Waals surface area contributed by atoms with E-state index >= 15 is 0 Å². The van der Waals surface area contributed by atoms with Crippen molar-refractivity contribution in [2.45, 2.75) is 225 Å². The van der Waals surface area contributed by atoms with E-state index in [2.05, 4.69) is 116 Å². The number of allylic oxidation sites excluding steroid dienone is 17. The van der Waals surface area contributed by atoms with Gasteiger partial charge in [0, 0.05) is 6.42 Å².